The molecule has 2 rings (SSSR count). The van der Waals surface area contributed by atoms with Crippen LogP contribution in [0.25, 0.3) is 0 Å². The van der Waals surface area contributed by atoms with Crippen LogP contribution in [0.4, 0.5) is 0 Å². The molecule has 0 aliphatic heterocycles. The van der Waals surface area contributed by atoms with E-state index in [0.29, 0.717) is 11.7 Å². The lowest BCUT2D eigenvalue weighted by Gasteiger charge is -2.30. The number of ether oxygens (including phenoxy) is 2. The molecule has 1 N–H and O–H groups in total. The van der Waals surface area contributed by atoms with Crippen molar-refractivity contribution in [3.8, 4) is 11.5 Å². The lowest BCUT2D eigenvalue weighted by atomic mass is 9.87. The number of phenolic OH excluding ortho intramolecular Hbond substituents is 1. The Morgan fingerprint density at radius 1 is 1.10 bits per heavy atom. The number of hydrogen-bond acceptors (Lipinski definition) is 3. The van der Waals surface area contributed by atoms with Gasteiger partial charge in [-0.3, -0.25) is 0 Å². The van der Waals surface area contributed by atoms with E-state index in [4.69, 9.17) is 9.47 Å². The molecule has 0 heterocycles. The molecule has 0 radical (unpaired) electrons. The fourth-order valence-electron chi connectivity index (χ4n) is 4.26. The summed E-state index contributed by atoms with van der Waals surface area (Å²) < 4.78 is 12.6. The molecule has 3 unspecified atom stereocenters. The molecule has 174 valence electrons. The lowest BCUT2D eigenvalue weighted by Crippen LogP contribution is -2.30. The van der Waals surface area contributed by atoms with Crippen molar-refractivity contribution < 1.29 is 14.6 Å². The average molecular weight is 439 g/mol. The fourth-order valence-corrected chi connectivity index (χ4v) is 4.26. The van der Waals surface area contributed by atoms with Gasteiger partial charge in [-0.25, -0.2) is 0 Å². The van der Waals surface area contributed by atoms with Crippen LogP contribution in [0.1, 0.15) is 98.0 Å². The minimum Gasteiger partial charge on any atom is -0.504 e. The monoisotopic (exact) mass is 438 g/mol. The van der Waals surface area contributed by atoms with Crippen LogP contribution in [0.3, 0.4) is 0 Å². The maximum Gasteiger partial charge on any atom is 0.200 e. The van der Waals surface area contributed by atoms with E-state index in [1.165, 1.54) is 32.1 Å². The predicted molar refractivity (Wildman–Crippen MR) is 133 cm³/mol. The van der Waals surface area contributed by atoms with Crippen molar-refractivity contribution in [1.82, 2.24) is 0 Å². The molecule has 3 atom stereocenters. The summed E-state index contributed by atoms with van der Waals surface area (Å²) in [5.41, 5.74) is 1.33. The van der Waals surface area contributed by atoms with Crippen molar-refractivity contribution in [3.05, 3.63) is 23.8 Å². The predicted octanol–water partition coefficient (Wildman–Crippen LogP) is 7.74. The maximum atomic E-state index is 10.6. The van der Waals surface area contributed by atoms with Crippen LogP contribution in [0.5, 0.6) is 11.5 Å². The summed E-state index contributed by atoms with van der Waals surface area (Å²) in [6.07, 6.45) is 11.5. The second-order valence-corrected chi connectivity index (χ2v) is 9.78. The van der Waals surface area contributed by atoms with Gasteiger partial charge in [-0.15, -0.1) is 9.24 Å². The van der Waals surface area contributed by atoms with E-state index in [9.17, 15) is 5.11 Å². The Labute approximate surface area is 188 Å². The van der Waals surface area contributed by atoms with E-state index in [2.05, 4.69) is 49.9 Å². The number of hydrogen-bond donors (Lipinski definition) is 1. The first-order chi connectivity index (χ1) is 14.3. The second-order valence-electron chi connectivity index (χ2n) is 9.78. The van der Waals surface area contributed by atoms with Crippen molar-refractivity contribution in [3.63, 3.8) is 0 Å². The Bertz CT molecular complexity index is 569. The van der Waals surface area contributed by atoms with E-state index >= 15 is 0 Å². The van der Waals surface area contributed by atoms with Gasteiger partial charge in [-0.1, -0.05) is 85.9 Å². The van der Waals surface area contributed by atoms with Crippen LogP contribution < -0.4 is 4.74 Å². The zero-order valence-corrected chi connectivity index (χ0v) is 21.5. The van der Waals surface area contributed by atoms with Gasteiger partial charge in [-0.2, -0.15) is 0 Å². The third kappa shape index (κ3) is 10.5. The number of benzene rings is 1. The van der Waals surface area contributed by atoms with Crippen LogP contribution in [-0.2, 0) is 11.2 Å². The second kappa shape index (κ2) is 14.3. The minimum atomic E-state index is -0.279. The first kappa shape index (κ1) is 27.2. The van der Waals surface area contributed by atoms with Crippen LogP contribution in [0.15, 0.2) is 18.2 Å². The Morgan fingerprint density at radius 3 is 2.30 bits per heavy atom. The molecule has 1 aromatic rings. The first-order valence-electron chi connectivity index (χ1n) is 12.0. The molecule has 1 aromatic carbocycles. The van der Waals surface area contributed by atoms with E-state index in [1.54, 1.807) is 0 Å². The molecule has 4 heteroatoms. The number of aromatic hydroxyl groups is 1. The third-order valence-corrected chi connectivity index (χ3v) is 5.68. The molecule has 30 heavy (non-hydrogen) atoms. The van der Waals surface area contributed by atoms with Gasteiger partial charge >= 0.3 is 0 Å². The molecular weight excluding hydrogens is 391 g/mol. The van der Waals surface area contributed by atoms with E-state index in [1.807, 2.05) is 18.8 Å². The molecule has 1 fully saturated rings. The normalized spacial score (nSPS) is 17.0. The van der Waals surface area contributed by atoms with Gasteiger partial charge < -0.3 is 14.6 Å². The summed E-state index contributed by atoms with van der Waals surface area (Å²) in [5.74, 6) is 1.44. The molecule has 1 aliphatic rings. The SMILES string of the molecule is CCCC(CC)OC(CC1CCCCC1)Oc1ccc(CC(C)(C)C)cc1O.CP. The van der Waals surface area contributed by atoms with Crippen LogP contribution in [0.2, 0.25) is 0 Å². The van der Waals surface area contributed by atoms with Crippen LogP contribution in [0, 0.1) is 11.3 Å². The highest BCUT2D eigenvalue weighted by molar-refractivity contribution is 7.15. The van der Waals surface area contributed by atoms with E-state index in [-0.39, 0.29) is 23.6 Å². The van der Waals surface area contributed by atoms with Crippen molar-refractivity contribution in [2.75, 3.05) is 6.66 Å². The Hall–Kier alpha value is -0.790. The van der Waals surface area contributed by atoms with Gasteiger partial charge in [0.1, 0.15) is 0 Å². The summed E-state index contributed by atoms with van der Waals surface area (Å²) in [5, 5.41) is 10.6. The number of rotatable bonds is 10. The summed E-state index contributed by atoms with van der Waals surface area (Å²) in [6, 6.07) is 5.83. The number of phenols is 1. The highest BCUT2D eigenvalue weighted by atomic mass is 31.0. The zero-order valence-electron chi connectivity index (χ0n) is 20.4. The quantitative estimate of drug-likeness (QED) is 0.300. The van der Waals surface area contributed by atoms with Gasteiger partial charge in [0.2, 0.25) is 6.29 Å². The maximum absolute atomic E-state index is 10.6. The van der Waals surface area contributed by atoms with Crippen molar-refractivity contribution >= 4 is 9.24 Å². The summed E-state index contributed by atoms with van der Waals surface area (Å²) in [6.45, 7) is 12.9. The Morgan fingerprint density at radius 2 is 1.77 bits per heavy atom. The van der Waals surface area contributed by atoms with Gasteiger partial charge in [0.25, 0.3) is 0 Å². The minimum absolute atomic E-state index is 0.190. The fraction of sp³-hybridized carbons (Fsp3) is 0.769. The summed E-state index contributed by atoms with van der Waals surface area (Å²) >= 11 is 0. The highest BCUT2D eigenvalue weighted by Gasteiger charge is 2.24. The Kier molecular flexibility index (Phi) is 13.0. The molecule has 0 saturated heterocycles. The van der Waals surface area contributed by atoms with Crippen molar-refractivity contribution in [1.29, 1.82) is 0 Å². The topological polar surface area (TPSA) is 38.7 Å². The molecule has 0 spiro atoms. The molecular formula is C26H47O3P. The van der Waals surface area contributed by atoms with Gasteiger partial charge in [0.15, 0.2) is 11.5 Å². The lowest BCUT2D eigenvalue weighted by molar-refractivity contribution is -0.134. The smallest absolute Gasteiger partial charge is 0.200 e. The van der Waals surface area contributed by atoms with Gasteiger partial charge in [0.05, 0.1) is 6.10 Å². The first-order valence-corrected chi connectivity index (χ1v) is 13.2. The summed E-state index contributed by atoms with van der Waals surface area (Å²) in [7, 11) is 2.42. The van der Waals surface area contributed by atoms with E-state index in [0.717, 1.165) is 37.7 Å². The highest BCUT2D eigenvalue weighted by Crippen LogP contribution is 2.34. The van der Waals surface area contributed by atoms with Crippen molar-refractivity contribution in [2.24, 2.45) is 11.3 Å². The Balaban J connectivity index is 0.00000218. The van der Waals surface area contributed by atoms with Crippen molar-refractivity contribution in [2.45, 2.75) is 111 Å². The average Bonchev–Trinajstić information content (AvgIpc) is 2.70. The standard InChI is InChI=1S/C25H42O3.CH5P/c1-6-11-21(7-2)27-24(17-19-12-9-8-10-13-19)28-23-15-14-20(16-22(23)26)18-25(3,4)5;1-2/h14-16,19,21,24,26H,6-13,17-18H2,1-5H3;2H2,1H3. The van der Waals surface area contributed by atoms with E-state index < -0.39 is 0 Å². The molecule has 0 amide bonds. The molecule has 0 bridgehead atoms. The molecule has 1 aliphatic carbocycles. The molecule has 3 nitrogen and oxygen atoms in total. The third-order valence-electron chi connectivity index (χ3n) is 5.68. The summed E-state index contributed by atoms with van der Waals surface area (Å²) in [4.78, 5) is 0. The van der Waals surface area contributed by atoms with Gasteiger partial charge in [-0.05, 0) is 48.3 Å². The molecule has 0 aromatic heterocycles. The van der Waals surface area contributed by atoms with Crippen LogP contribution >= 0.6 is 9.24 Å². The zero-order chi connectivity index (χ0) is 22.6. The van der Waals surface area contributed by atoms with Gasteiger partial charge in [0, 0.05) is 6.42 Å². The van der Waals surface area contributed by atoms with Crippen LogP contribution in [-0.4, -0.2) is 24.2 Å². The molecule has 1 saturated carbocycles. The largest absolute Gasteiger partial charge is 0.504 e.